The number of nitrogens with zero attached hydrogens (tertiary/aromatic N) is 4. The zero-order chi connectivity index (χ0) is 20.9. The van der Waals surface area contributed by atoms with Gasteiger partial charge in [0.25, 0.3) is 0 Å². The monoisotopic (exact) mass is 402 g/mol. The summed E-state index contributed by atoms with van der Waals surface area (Å²) < 4.78 is 0. The van der Waals surface area contributed by atoms with E-state index in [9.17, 15) is 4.79 Å². The molecule has 0 atom stereocenters. The van der Waals surface area contributed by atoms with Crippen LogP contribution in [0.25, 0.3) is 11.3 Å². The molecule has 1 aromatic heterocycles. The third-order valence-electron chi connectivity index (χ3n) is 5.31. The zero-order valence-electron chi connectivity index (χ0n) is 17.3. The zero-order valence-corrected chi connectivity index (χ0v) is 17.3. The number of aromatic nitrogens is 2. The second kappa shape index (κ2) is 8.92. The minimum absolute atomic E-state index is 0.270. The molecular weight excluding hydrogens is 376 g/mol. The Hall–Kier alpha value is -3.45. The molecule has 7 nitrogen and oxygen atoms in total. The van der Waals surface area contributed by atoms with Gasteiger partial charge < -0.3 is 20.4 Å². The normalized spacial score (nSPS) is 14.4. The molecule has 0 unspecified atom stereocenters. The van der Waals surface area contributed by atoms with Crippen molar-refractivity contribution in [3.8, 4) is 11.3 Å². The molecule has 0 aliphatic carbocycles. The Balaban J connectivity index is 1.37. The molecule has 7 heteroatoms. The Kier molecular flexibility index (Phi) is 5.90. The molecule has 2 heterocycles. The van der Waals surface area contributed by atoms with Gasteiger partial charge in [0.1, 0.15) is 0 Å². The van der Waals surface area contributed by atoms with E-state index in [1.165, 1.54) is 0 Å². The largest absolute Gasteiger partial charge is 0.353 e. The topological polar surface area (TPSA) is 73.4 Å². The van der Waals surface area contributed by atoms with Gasteiger partial charge in [0.2, 0.25) is 0 Å². The fourth-order valence-corrected chi connectivity index (χ4v) is 3.41. The van der Waals surface area contributed by atoms with E-state index >= 15 is 0 Å². The summed E-state index contributed by atoms with van der Waals surface area (Å²) in [6, 6.07) is 19.0. The van der Waals surface area contributed by atoms with Gasteiger partial charge in [0, 0.05) is 43.1 Å². The van der Waals surface area contributed by atoms with E-state index < -0.39 is 0 Å². The van der Waals surface area contributed by atoms with Crippen LogP contribution in [0.2, 0.25) is 0 Å². The number of urea groups is 1. The lowest BCUT2D eigenvalue weighted by Crippen LogP contribution is -2.44. The fourth-order valence-electron chi connectivity index (χ4n) is 3.41. The van der Waals surface area contributed by atoms with Crippen LogP contribution in [0.3, 0.4) is 0 Å². The number of carbonyl (C=O) groups is 1. The predicted octanol–water partition coefficient (Wildman–Crippen LogP) is 3.85. The first-order valence-corrected chi connectivity index (χ1v) is 10.1. The van der Waals surface area contributed by atoms with Crippen molar-refractivity contribution in [2.75, 3.05) is 48.8 Å². The number of hydrogen-bond donors (Lipinski definition) is 2. The van der Waals surface area contributed by atoms with Gasteiger partial charge in [-0.15, -0.1) is 10.2 Å². The molecule has 1 fully saturated rings. The predicted molar refractivity (Wildman–Crippen MR) is 121 cm³/mol. The van der Waals surface area contributed by atoms with Crippen LogP contribution in [0, 0.1) is 6.92 Å². The van der Waals surface area contributed by atoms with Crippen LogP contribution in [-0.4, -0.2) is 54.4 Å². The van der Waals surface area contributed by atoms with Gasteiger partial charge in [-0.2, -0.15) is 0 Å². The molecule has 0 bridgehead atoms. The molecule has 1 aliphatic heterocycles. The summed E-state index contributed by atoms with van der Waals surface area (Å²) in [7, 11) is 2.14. The summed E-state index contributed by atoms with van der Waals surface area (Å²) in [5, 5.41) is 14.5. The summed E-state index contributed by atoms with van der Waals surface area (Å²) in [5.41, 5.74) is 4.29. The standard InChI is InChI=1S/C23H26N6O/c1-17-5-3-4-6-20(17)25-23(30)24-19-9-7-18(8-10-19)21-11-12-22(27-26-21)29-15-13-28(2)14-16-29/h3-12H,13-16H2,1-2H3,(H2,24,25,30). The number of hydrogen-bond acceptors (Lipinski definition) is 5. The highest BCUT2D eigenvalue weighted by atomic mass is 16.2. The third-order valence-corrected chi connectivity index (χ3v) is 5.31. The van der Waals surface area contributed by atoms with Crippen LogP contribution in [0.15, 0.2) is 60.7 Å². The fraction of sp³-hybridized carbons (Fsp3) is 0.261. The maximum absolute atomic E-state index is 12.2. The Bertz CT molecular complexity index is 995. The molecule has 2 aromatic carbocycles. The second-order valence-corrected chi connectivity index (χ2v) is 7.54. The first kappa shape index (κ1) is 19.8. The molecule has 3 aromatic rings. The third kappa shape index (κ3) is 4.75. The number of benzene rings is 2. The highest BCUT2D eigenvalue weighted by Gasteiger charge is 2.15. The first-order chi connectivity index (χ1) is 14.6. The van der Waals surface area contributed by atoms with Crippen molar-refractivity contribution in [2.24, 2.45) is 0 Å². The second-order valence-electron chi connectivity index (χ2n) is 7.54. The highest BCUT2D eigenvalue weighted by Crippen LogP contribution is 2.21. The minimum Gasteiger partial charge on any atom is -0.353 e. The summed E-state index contributed by atoms with van der Waals surface area (Å²) in [6.45, 7) is 5.97. The van der Waals surface area contributed by atoms with Crippen molar-refractivity contribution < 1.29 is 4.79 Å². The summed E-state index contributed by atoms with van der Waals surface area (Å²) >= 11 is 0. The number of carbonyl (C=O) groups excluding carboxylic acids is 1. The van der Waals surface area contributed by atoms with Crippen molar-refractivity contribution in [1.29, 1.82) is 0 Å². The van der Waals surface area contributed by atoms with Gasteiger partial charge in [0.05, 0.1) is 5.69 Å². The van der Waals surface area contributed by atoms with Crippen molar-refractivity contribution in [3.05, 3.63) is 66.2 Å². The van der Waals surface area contributed by atoms with E-state index in [0.717, 1.165) is 54.5 Å². The lowest BCUT2D eigenvalue weighted by atomic mass is 10.1. The van der Waals surface area contributed by atoms with Crippen LogP contribution < -0.4 is 15.5 Å². The quantitative estimate of drug-likeness (QED) is 0.694. The minimum atomic E-state index is -0.270. The Morgan fingerprint density at radius 3 is 2.27 bits per heavy atom. The van der Waals surface area contributed by atoms with E-state index in [1.54, 1.807) is 0 Å². The van der Waals surface area contributed by atoms with Gasteiger partial charge in [-0.3, -0.25) is 0 Å². The summed E-state index contributed by atoms with van der Waals surface area (Å²) in [4.78, 5) is 16.8. The maximum atomic E-state index is 12.2. The van der Waals surface area contributed by atoms with E-state index in [-0.39, 0.29) is 6.03 Å². The van der Waals surface area contributed by atoms with Crippen LogP contribution in [0.1, 0.15) is 5.56 Å². The van der Waals surface area contributed by atoms with E-state index in [4.69, 9.17) is 0 Å². The number of anilines is 3. The van der Waals surface area contributed by atoms with E-state index in [1.807, 2.05) is 67.6 Å². The molecule has 0 spiro atoms. The number of nitrogens with one attached hydrogen (secondary N) is 2. The molecule has 1 aliphatic rings. The Labute approximate surface area is 176 Å². The molecule has 2 N–H and O–H groups in total. The summed E-state index contributed by atoms with van der Waals surface area (Å²) in [5.74, 6) is 0.915. The smallest absolute Gasteiger partial charge is 0.323 e. The number of piperazine rings is 1. The molecular formula is C23H26N6O. The number of rotatable bonds is 4. The number of para-hydroxylation sites is 1. The number of likely N-dealkylation sites (N-methyl/N-ethyl adjacent to an activating group) is 1. The molecule has 2 amide bonds. The van der Waals surface area contributed by atoms with Gasteiger partial charge in [-0.05, 0) is 49.9 Å². The van der Waals surface area contributed by atoms with Crippen molar-refractivity contribution in [3.63, 3.8) is 0 Å². The van der Waals surface area contributed by atoms with Crippen molar-refractivity contribution in [2.45, 2.75) is 6.92 Å². The molecule has 0 radical (unpaired) electrons. The van der Waals surface area contributed by atoms with Gasteiger partial charge in [-0.25, -0.2) is 4.79 Å². The molecule has 1 saturated heterocycles. The van der Waals surface area contributed by atoms with E-state index in [0.29, 0.717) is 5.69 Å². The lowest BCUT2D eigenvalue weighted by Gasteiger charge is -2.32. The molecule has 4 rings (SSSR count). The van der Waals surface area contributed by atoms with Crippen LogP contribution in [-0.2, 0) is 0 Å². The van der Waals surface area contributed by atoms with Gasteiger partial charge in [0.15, 0.2) is 5.82 Å². The molecule has 0 saturated carbocycles. The SMILES string of the molecule is Cc1ccccc1NC(=O)Nc1ccc(-c2ccc(N3CCN(C)CC3)nn2)cc1. The van der Waals surface area contributed by atoms with Crippen molar-refractivity contribution >= 4 is 23.2 Å². The Morgan fingerprint density at radius 1 is 0.867 bits per heavy atom. The van der Waals surface area contributed by atoms with Crippen LogP contribution in [0.4, 0.5) is 22.0 Å². The van der Waals surface area contributed by atoms with Crippen LogP contribution >= 0.6 is 0 Å². The molecule has 154 valence electrons. The lowest BCUT2D eigenvalue weighted by molar-refractivity contribution is 0.262. The number of amides is 2. The van der Waals surface area contributed by atoms with Gasteiger partial charge in [-0.1, -0.05) is 30.3 Å². The Morgan fingerprint density at radius 2 is 1.60 bits per heavy atom. The number of aryl methyl sites for hydroxylation is 1. The van der Waals surface area contributed by atoms with Crippen molar-refractivity contribution in [1.82, 2.24) is 15.1 Å². The average Bonchev–Trinajstić information content (AvgIpc) is 2.77. The average molecular weight is 403 g/mol. The maximum Gasteiger partial charge on any atom is 0.323 e. The highest BCUT2D eigenvalue weighted by molar-refractivity contribution is 6.00. The van der Waals surface area contributed by atoms with Gasteiger partial charge >= 0.3 is 6.03 Å². The van der Waals surface area contributed by atoms with Crippen LogP contribution in [0.5, 0.6) is 0 Å². The molecule has 30 heavy (non-hydrogen) atoms. The first-order valence-electron chi connectivity index (χ1n) is 10.1. The summed E-state index contributed by atoms with van der Waals surface area (Å²) in [6.07, 6.45) is 0. The van der Waals surface area contributed by atoms with E-state index in [2.05, 4.69) is 37.7 Å².